The van der Waals surface area contributed by atoms with Crippen LogP contribution in [0.2, 0.25) is 0 Å². The first-order chi connectivity index (χ1) is 19.7. The molecule has 1 fully saturated rings. The summed E-state index contributed by atoms with van der Waals surface area (Å²) < 4.78 is 19.0. The van der Waals surface area contributed by atoms with E-state index in [9.17, 15) is 9.59 Å². The molecule has 0 atom stereocenters. The Labute approximate surface area is 239 Å². The maximum atomic E-state index is 13.4. The Hall–Kier alpha value is -4.53. The molecule has 4 aromatic rings. The van der Waals surface area contributed by atoms with E-state index in [1.165, 1.54) is 0 Å². The molecule has 2 aliphatic heterocycles. The second kappa shape index (κ2) is 10.5. The van der Waals surface area contributed by atoms with Gasteiger partial charge in [0.2, 0.25) is 0 Å². The van der Waals surface area contributed by atoms with Gasteiger partial charge in [-0.25, -0.2) is 4.79 Å². The second-order valence-electron chi connectivity index (χ2n) is 11.5. The third kappa shape index (κ3) is 5.31. The molecule has 0 bridgehead atoms. The number of methoxy groups -OCH3 is 1. The highest BCUT2D eigenvalue weighted by Crippen LogP contribution is 2.43. The van der Waals surface area contributed by atoms with Crippen molar-refractivity contribution in [1.82, 2.24) is 14.7 Å². The van der Waals surface area contributed by atoms with Crippen molar-refractivity contribution in [1.29, 1.82) is 0 Å². The summed E-state index contributed by atoms with van der Waals surface area (Å²) in [5.74, 6) is 2.05. The zero-order valence-corrected chi connectivity index (χ0v) is 23.8. The molecule has 9 heteroatoms. The standard InChI is InChI=1S/C32H34N4O5/c1-32(2,3)41-31(38)34-16-14-22(15-17-34)36-20-24(18-33-36)40-28-13-12-27-29-25(28)6-5-7-26(29)30(37)35(27)19-21-8-10-23(39-4)11-9-21/h5-13,18,20,22H,14-17,19H2,1-4H3. The van der Waals surface area contributed by atoms with Crippen molar-refractivity contribution in [3.63, 3.8) is 0 Å². The molecule has 3 heterocycles. The van der Waals surface area contributed by atoms with Crippen LogP contribution in [0.15, 0.2) is 67.0 Å². The summed E-state index contributed by atoms with van der Waals surface area (Å²) in [7, 11) is 1.64. The number of rotatable bonds is 6. The van der Waals surface area contributed by atoms with Gasteiger partial charge in [0.1, 0.15) is 17.1 Å². The van der Waals surface area contributed by atoms with Crippen molar-refractivity contribution in [2.75, 3.05) is 25.1 Å². The lowest BCUT2D eigenvalue weighted by Crippen LogP contribution is -2.42. The van der Waals surface area contributed by atoms with Gasteiger partial charge in [0.25, 0.3) is 5.91 Å². The van der Waals surface area contributed by atoms with Crippen LogP contribution in [0.4, 0.5) is 10.5 Å². The molecule has 0 spiro atoms. The smallest absolute Gasteiger partial charge is 0.410 e. The molecule has 9 nitrogen and oxygen atoms in total. The summed E-state index contributed by atoms with van der Waals surface area (Å²) in [6.07, 6.45) is 4.91. The van der Waals surface area contributed by atoms with Crippen LogP contribution in [0.1, 0.15) is 55.6 Å². The number of carbonyl (C=O) groups excluding carboxylic acids is 2. The van der Waals surface area contributed by atoms with Crippen LogP contribution in [0.25, 0.3) is 10.8 Å². The number of amides is 2. The van der Waals surface area contributed by atoms with E-state index in [2.05, 4.69) is 5.10 Å². The Balaban J connectivity index is 1.17. The van der Waals surface area contributed by atoms with Gasteiger partial charge in [0.15, 0.2) is 5.75 Å². The van der Waals surface area contributed by atoms with Gasteiger partial charge in [-0.05, 0) is 69.5 Å². The summed E-state index contributed by atoms with van der Waals surface area (Å²) in [4.78, 5) is 29.4. The number of anilines is 1. The molecule has 41 heavy (non-hydrogen) atoms. The Morgan fingerprint density at radius 3 is 2.46 bits per heavy atom. The molecule has 212 valence electrons. The van der Waals surface area contributed by atoms with Gasteiger partial charge in [-0.1, -0.05) is 24.3 Å². The van der Waals surface area contributed by atoms with E-state index in [0.29, 0.717) is 36.7 Å². The van der Waals surface area contributed by atoms with Crippen LogP contribution in [-0.4, -0.2) is 52.5 Å². The van der Waals surface area contributed by atoms with E-state index in [0.717, 1.165) is 40.6 Å². The van der Waals surface area contributed by atoms with Crippen LogP contribution in [0.3, 0.4) is 0 Å². The van der Waals surface area contributed by atoms with Gasteiger partial charge in [-0.15, -0.1) is 0 Å². The zero-order valence-electron chi connectivity index (χ0n) is 23.8. The number of hydrogen-bond acceptors (Lipinski definition) is 6. The predicted octanol–water partition coefficient (Wildman–Crippen LogP) is 6.57. The lowest BCUT2D eigenvalue weighted by molar-refractivity contribution is 0.0184. The molecule has 6 rings (SSSR count). The Morgan fingerprint density at radius 2 is 1.76 bits per heavy atom. The van der Waals surface area contributed by atoms with Crippen molar-refractivity contribution in [2.45, 2.75) is 51.8 Å². The molecular formula is C32H34N4O5. The topological polar surface area (TPSA) is 86.1 Å². The number of likely N-dealkylation sites (tertiary alicyclic amines) is 1. The minimum absolute atomic E-state index is 0.0240. The number of ether oxygens (including phenoxy) is 3. The van der Waals surface area contributed by atoms with Gasteiger partial charge >= 0.3 is 6.09 Å². The summed E-state index contributed by atoms with van der Waals surface area (Å²) in [6.45, 7) is 7.33. The average Bonchev–Trinajstić information content (AvgIpc) is 3.53. The van der Waals surface area contributed by atoms with Crippen molar-refractivity contribution in [2.24, 2.45) is 0 Å². The highest BCUT2D eigenvalue weighted by Gasteiger charge is 2.31. The summed E-state index contributed by atoms with van der Waals surface area (Å²) in [5, 5.41) is 6.33. The van der Waals surface area contributed by atoms with Crippen LogP contribution in [-0.2, 0) is 11.3 Å². The van der Waals surface area contributed by atoms with E-state index < -0.39 is 5.60 Å². The van der Waals surface area contributed by atoms with E-state index in [-0.39, 0.29) is 18.0 Å². The predicted molar refractivity (Wildman–Crippen MR) is 156 cm³/mol. The summed E-state index contributed by atoms with van der Waals surface area (Å²) >= 11 is 0. The molecule has 1 aromatic heterocycles. The molecule has 2 amide bonds. The van der Waals surface area contributed by atoms with Crippen molar-refractivity contribution < 1.29 is 23.8 Å². The molecule has 0 saturated carbocycles. The quantitative estimate of drug-likeness (QED) is 0.268. The molecule has 0 unspecified atom stereocenters. The molecule has 2 aliphatic rings. The van der Waals surface area contributed by atoms with E-state index in [1.807, 2.05) is 91.1 Å². The summed E-state index contributed by atoms with van der Waals surface area (Å²) in [6, 6.07) is 17.5. The number of hydrogen-bond donors (Lipinski definition) is 0. The monoisotopic (exact) mass is 554 g/mol. The summed E-state index contributed by atoms with van der Waals surface area (Å²) in [5.41, 5.74) is 2.05. The largest absolute Gasteiger partial charge is 0.497 e. The lowest BCUT2D eigenvalue weighted by Gasteiger charge is -2.33. The van der Waals surface area contributed by atoms with Gasteiger partial charge in [0.05, 0.1) is 37.8 Å². The van der Waals surface area contributed by atoms with Crippen LogP contribution in [0, 0.1) is 0 Å². The fraction of sp³-hybridized carbons (Fsp3) is 0.344. The Morgan fingerprint density at radius 1 is 1.00 bits per heavy atom. The van der Waals surface area contributed by atoms with E-state index in [1.54, 1.807) is 18.2 Å². The van der Waals surface area contributed by atoms with E-state index in [4.69, 9.17) is 14.2 Å². The third-order valence-electron chi connectivity index (χ3n) is 7.54. The first kappa shape index (κ1) is 26.7. The van der Waals surface area contributed by atoms with Crippen molar-refractivity contribution >= 4 is 28.5 Å². The molecule has 0 aliphatic carbocycles. The fourth-order valence-corrected chi connectivity index (χ4v) is 5.52. The SMILES string of the molecule is COc1ccc(CN2C(=O)c3cccc4c(Oc5cnn(C6CCN(C(=O)OC(C)(C)C)CC6)c5)ccc2c34)cc1. The molecule has 3 aromatic carbocycles. The Bertz CT molecular complexity index is 1600. The molecule has 1 saturated heterocycles. The highest BCUT2D eigenvalue weighted by atomic mass is 16.6. The first-order valence-corrected chi connectivity index (χ1v) is 13.9. The average molecular weight is 555 g/mol. The van der Waals surface area contributed by atoms with Gasteiger partial charge < -0.3 is 24.0 Å². The first-order valence-electron chi connectivity index (χ1n) is 13.9. The van der Waals surface area contributed by atoms with Gasteiger partial charge in [-0.2, -0.15) is 5.10 Å². The zero-order chi connectivity index (χ0) is 28.7. The minimum Gasteiger partial charge on any atom is -0.497 e. The second-order valence-corrected chi connectivity index (χ2v) is 11.5. The number of benzene rings is 3. The van der Waals surface area contributed by atoms with Gasteiger partial charge in [-0.3, -0.25) is 9.48 Å². The van der Waals surface area contributed by atoms with Crippen LogP contribution >= 0.6 is 0 Å². The normalized spacial score (nSPS) is 15.5. The third-order valence-corrected chi connectivity index (χ3v) is 7.54. The van der Waals surface area contributed by atoms with Gasteiger partial charge in [0, 0.05) is 29.4 Å². The molecule has 0 N–H and O–H groups in total. The maximum absolute atomic E-state index is 13.4. The minimum atomic E-state index is -0.507. The van der Waals surface area contributed by atoms with Crippen LogP contribution < -0.4 is 14.4 Å². The highest BCUT2D eigenvalue weighted by molar-refractivity contribution is 6.25. The number of piperidine rings is 1. The van der Waals surface area contributed by atoms with Crippen LogP contribution in [0.5, 0.6) is 17.2 Å². The van der Waals surface area contributed by atoms with Crippen molar-refractivity contribution in [3.8, 4) is 17.2 Å². The van der Waals surface area contributed by atoms with E-state index >= 15 is 0 Å². The number of nitrogens with zero attached hydrogens (tertiary/aromatic N) is 4. The molecular weight excluding hydrogens is 520 g/mol. The number of carbonyl (C=O) groups is 2. The lowest BCUT2D eigenvalue weighted by atomic mass is 10.0. The molecule has 0 radical (unpaired) electrons. The van der Waals surface area contributed by atoms with Crippen molar-refractivity contribution in [3.05, 3.63) is 78.1 Å². The Kier molecular flexibility index (Phi) is 6.81. The maximum Gasteiger partial charge on any atom is 0.410 e. The number of aromatic nitrogens is 2. The fourth-order valence-electron chi connectivity index (χ4n) is 5.52.